The number of hydrogen-bond donors (Lipinski definition) is 1. The highest BCUT2D eigenvalue weighted by Gasteiger charge is 2.19. The molecule has 0 atom stereocenters. The first-order chi connectivity index (χ1) is 7.75. The van der Waals surface area contributed by atoms with Gasteiger partial charge >= 0.3 is 0 Å². The maximum absolute atomic E-state index is 6.00. The first kappa shape index (κ1) is 12.2. The Kier molecular flexibility index (Phi) is 4.50. The molecule has 2 nitrogen and oxygen atoms in total. The molecule has 1 saturated carbocycles. The van der Waals surface area contributed by atoms with E-state index in [4.69, 9.17) is 16.3 Å². The van der Waals surface area contributed by atoms with Crippen molar-refractivity contribution in [2.75, 3.05) is 19.7 Å². The highest BCUT2D eigenvalue weighted by Crippen LogP contribution is 2.28. The third-order valence-corrected chi connectivity index (χ3v) is 3.37. The Balaban J connectivity index is 1.69. The zero-order valence-corrected chi connectivity index (χ0v) is 11.4. The molecule has 1 aromatic carbocycles. The number of benzene rings is 1. The van der Waals surface area contributed by atoms with E-state index in [9.17, 15) is 0 Å². The summed E-state index contributed by atoms with van der Waals surface area (Å²) < 4.78 is 6.58. The van der Waals surface area contributed by atoms with E-state index in [0.717, 1.165) is 29.2 Å². The van der Waals surface area contributed by atoms with Crippen LogP contribution in [0.15, 0.2) is 22.7 Å². The highest BCUT2D eigenvalue weighted by molar-refractivity contribution is 9.10. The van der Waals surface area contributed by atoms with Gasteiger partial charge in [-0.3, -0.25) is 0 Å². The van der Waals surface area contributed by atoms with Crippen LogP contribution in [0, 0.1) is 5.92 Å². The van der Waals surface area contributed by atoms with E-state index in [-0.39, 0.29) is 0 Å². The van der Waals surface area contributed by atoms with Crippen LogP contribution in [0.1, 0.15) is 12.8 Å². The Morgan fingerprint density at radius 2 is 2.25 bits per heavy atom. The monoisotopic (exact) mass is 303 g/mol. The van der Waals surface area contributed by atoms with Gasteiger partial charge in [0.2, 0.25) is 0 Å². The smallest absolute Gasteiger partial charge is 0.139 e. The average Bonchev–Trinajstić information content (AvgIpc) is 3.06. The molecule has 0 saturated heterocycles. The third-order valence-electron chi connectivity index (χ3n) is 2.56. The zero-order chi connectivity index (χ0) is 11.4. The molecule has 2 rings (SSSR count). The van der Waals surface area contributed by atoms with E-state index in [1.165, 1.54) is 12.8 Å². The van der Waals surface area contributed by atoms with Gasteiger partial charge in [-0.15, -0.1) is 0 Å². The fourth-order valence-corrected chi connectivity index (χ4v) is 1.96. The predicted molar refractivity (Wildman–Crippen MR) is 70.2 cm³/mol. The number of halogens is 2. The summed E-state index contributed by atoms with van der Waals surface area (Å²) in [5.74, 6) is 1.65. The van der Waals surface area contributed by atoms with Crippen LogP contribution < -0.4 is 10.1 Å². The summed E-state index contributed by atoms with van der Waals surface area (Å²) in [6, 6.07) is 5.63. The summed E-state index contributed by atoms with van der Waals surface area (Å²) in [7, 11) is 0. The molecular formula is C12H15BrClNO. The molecule has 0 radical (unpaired) electrons. The zero-order valence-electron chi connectivity index (χ0n) is 9.01. The average molecular weight is 305 g/mol. The summed E-state index contributed by atoms with van der Waals surface area (Å²) in [6.45, 7) is 2.65. The molecule has 1 N–H and O–H groups in total. The molecule has 0 spiro atoms. The first-order valence-corrected chi connectivity index (χ1v) is 6.71. The second-order valence-corrected chi connectivity index (χ2v) is 5.39. The van der Waals surface area contributed by atoms with Crippen molar-refractivity contribution in [1.29, 1.82) is 0 Å². The fraction of sp³-hybridized carbons (Fsp3) is 0.500. The maximum atomic E-state index is 6.00. The fourth-order valence-electron chi connectivity index (χ4n) is 1.45. The molecule has 0 heterocycles. The minimum absolute atomic E-state index is 0.656. The van der Waals surface area contributed by atoms with Crippen LogP contribution >= 0.6 is 27.5 Å². The van der Waals surface area contributed by atoms with Crippen molar-refractivity contribution in [2.45, 2.75) is 12.8 Å². The van der Waals surface area contributed by atoms with Gasteiger partial charge in [0.15, 0.2) is 0 Å². The van der Waals surface area contributed by atoms with Gasteiger partial charge in [-0.1, -0.05) is 27.5 Å². The number of rotatable bonds is 6. The van der Waals surface area contributed by atoms with Gasteiger partial charge < -0.3 is 10.1 Å². The normalized spacial score (nSPS) is 15.1. The lowest BCUT2D eigenvalue weighted by atomic mass is 10.3. The molecule has 4 heteroatoms. The van der Waals surface area contributed by atoms with E-state index >= 15 is 0 Å². The molecule has 0 aliphatic heterocycles. The van der Waals surface area contributed by atoms with Crippen molar-refractivity contribution in [2.24, 2.45) is 5.92 Å². The van der Waals surface area contributed by atoms with Crippen molar-refractivity contribution in [3.8, 4) is 5.75 Å². The summed E-state index contributed by atoms with van der Waals surface area (Å²) in [5.41, 5.74) is 0. The second kappa shape index (κ2) is 5.89. The van der Waals surface area contributed by atoms with E-state index in [1.807, 2.05) is 18.2 Å². The lowest BCUT2D eigenvalue weighted by molar-refractivity contribution is 0.313. The molecule has 0 unspecified atom stereocenters. The van der Waals surface area contributed by atoms with Gasteiger partial charge in [-0.05, 0) is 43.5 Å². The molecule has 1 aliphatic carbocycles. The molecule has 16 heavy (non-hydrogen) atoms. The molecule has 1 aromatic rings. The van der Waals surface area contributed by atoms with E-state index < -0.39 is 0 Å². The number of hydrogen-bond acceptors (Lipinski definition) is 2. The lowest BCUT2D eigenvalue weighted by Crippen LogP contribution is -2.23. The van der Waals surface area contributed by atoms with Crippen molar-refractivity contribution in [3.63, 3.8) is 0 Å². The van der Waals surface area contributed by atoms with Gasteiger partial charge in [0.05, 0.1) is 5.02 Å². The Morgan fingerprint density at radius 1 is 1.44 bits per heavy atom. The van der Waals surface area contributed by atoms with Crippen molar-refractivity contribution in [3.05, 3.63) is 27.7 Å². The van der Waals surface area contributed by atoms with Crippen LogP contribution in [0.4, 0.5) is 0 Å². The van der Waals surface area contributed by atoms with Crippen molar-refractivity contribution >= 4 is 27.5 Å². The van der Waals surface area contributed by atoms with Crippen LogP contribution in [0.3, 0.4) is 0 Å². The summed E-state index contributed by atoms with van der Waals surface area (Å²) in [6.07, 6.45) is 2.76. The third kappa shape index (κ3) is 3.96. The summed E-state index contributed by atoms with van der Waals surface area (Å²) in [5, 5.41) is 4.03. The molecule has 1 fully saturated rings. The van der Waals surface area contributed by atoms with Gasteiger partial charge in [-0.2, -0.15) is 0 Å². The highest BCUT2D eigenvalue weighted by atomic mass is 79.9. The van der Waals surface area contributed by atoms with Crippen LogP contribution in [0.5, 0.6) is 5.75 Å². The SMILES string of the molecule is Clc1ccc(Br)cc1OCCNCC1CC1. The Hall–Kier alpha value is -0.250. The minimum Gasteiger partial charge on any atom is -0.491 e. The van der Waals surface area contributed by atoms with Crippen LogP contribution in [-0.2, 0) is 0 Å². The Morgan fingerprint density at radius 3 is 3.00 bits per heavy atom. The quantitative estimate of drug-likeness (QED) is 0.813. The number of ether oxygens (including phenoxy) is 1. The van der Waals surface area contributed by atoms with Crippen LogP contribution in [-0.4, -0.2) is 19.7 Å². The van der Waals surface area contributed by atoms with Crippen molar-refractivity contribution < 1.29 is 4.74 Å². The molecular weight excluding hydrogens is 289 g/mol. The van der Waals surface area contributed by atoms with Crippen LogP contribution in [0.25, 0.3) is 0 Å². The van der Waals surface area contributed by atoms with Gasteiger partial charge in [0.25, 0.3) is 0 Å². The summed E-state index contributed by atoms with van der Waals surface area (Å²) in [4.78, 5) is 0. The van der Waals surface area contributed by atoms with E-state index in [0.29, 0.717) is 11.6 Å². The van der Waals surface area contributed by atoms with Crippen molar-refractivity contribution in [1.82, 2.24) is 5.32 Å². The number of nitrogens with one attached hydrogen (secondary N) is 1. The molecule has 1 aliphatic rings. The predicted octanol–water partition coefficient (Wildman–Crippen LogP) is 3.48. The molecule has 0 aromatic heterocycles. The summed E-state index contributed by atoms with van der Waals surface area (Å²) >= 11 is 9.40. The molecule has 0 bridgehead atoms. The first-order valence-electron chi connectivity index (χ1n) is 5.54. The van der Waals surface area contributed by atoms with Gasteiger partial charge in [0.1, 0.15) is 12.4 Å². The van der Waals surface area contributed by atoms with Crippen LogP contribution in [0.2, 0.25) is 5.02 Å². The van der Waals surface area contributed by atoms with E-state index in [1.54, 1.807) is 0 Å². The maximum Gasteiger partial charge on any atom is 0.139 e. The van der Waals surface area contributed by atoms with E-state index in [2.05, 4.69) is 21.2 Å². The lowest BCUT2D eigenvalue weighted by Gasteiger charge is -2.09. The van der Waals surface area contributed by atoms with Gasteiger partial charge in [-0.25, -0.2) is 0 Å². The molecule has 88 valence electrons. The largest absolute Gasteiger partial charge is 0.491 e. The minimum atomic E-state index is 0.656. The Labute approximate surface area is 109 Å². The topological polar surface area (TPSA) is 21.3 Å². The Bertz CT molecular complexity index is 355. The standard InChI is InChI=1S/C12H15BrClNO/c13-10-3-4-11(14)12(7-10)16-6-5-15-8-9-1-2-9/h3-4,7,9,15H,1-2,5-6,8H2. The van der Waals surface area contributed by atoms with Gasteiger partial charge in [0, 0.05) is 11.0 Å². The molecule has 0 amide bonds. The second-order valence-electron chi connectivity index (χ2n) is 4.07.